The van der Waals surface area contributed by atoms with Gasteiger partial charge in [-0.1, -0.05) is 28.9 Å². The van der Waals surface area contributed by atoms with Gasteiger partial charge >= 0.3 is 12.1 Å². The second kappa shape index (κ2) is 8.17. The summed E-state index contributed by atoms with van der Waals surface area (Å²) in [5.74, 6) is -0.658. The number of carbonyl (C=O) groups excluding carboxylic acids is 2. The number of piperazine rings is 1. The molecule has 6 rings (SSSR count). The number of hydrogen-bond donors (Lipinski definition) is 1. The molecule has 1 N–H and O–H groups in total. The zero-order valence-corrected chi connectivity index (χ0v) is 20.7. The molecule has 3 aliphatic heterocycles. The number of benzene rings is 1. The molecule has 1 atom stereocenters. The van der Waals surface area contributed by atoms with Crippen LogP contribution in [-0.2, 0) is 33.0 Å². The van der Waals surface area contributed by atoms with Crippen molar-refractivity contribution in [2.75, 3.05) is 26.2 Å². The molecule has 2 aromatic heterocycles. The second-order valence-corrected chi connectivity index (χ2v) is 9.83. The van der Waals surface area contributed by atoms with Gasteiger partial charge in [-0.2, -0.15) is 0 Å². The number of esters is 1. The van der Waals surface area contributed by atoms with Crippen LogP contribution in [-0.4, -0.2) is 52.7 Å². The van der Waals surface area contributed by atoms with E-state index in [1.807, 2.05) is 24.3 Å². The van der Waals surface area contributed by atoms with Gasteiger partial charge in [0, 0.05) is 47.2 Å². The first kappa shape index (κ1) is 22.2. The lowest BCUT2D eigenvalue weighted by molar-refractivity contribution is -0.173. The predicted octanol–water partition coefficient (Wildman–Crippen LogP) is 2.89. The molecule has 1 amide bonds. The van der Waals surface area contributed by atoms with Gasteiger partial charge in [-0.3, -0.25) is 4.79 Å². The maximum absolute atomic E-state index is 13.6. The van der Waals surface area contributed by atoms with Crippen molar-refractivity contribution in [1.82, 2.24) is 19.8 Å². The lowest BCUT2D eigenvalue weighted by Gasteiger charge is -2.37. The number of halogens is 1. The number of aromatic nitrogens is 2. The molecule has 10 heteroatoms. The van der Waals surface area contributed by atoms with Crippen molar-refractivity contribution < 1.29 is 19.1 Å². The van der Waals surface area contributed by atoms with E-state index in [9.17, 15) is 14.4 Å². The van der Waals surface area contributed by atoms with Crippen molar-refractivity contribution in [2.45, 2.75) is 32.1 Å². The van der Waals surface area contributed by atoms with E-state index in [0.29, 0.717) is 55.2 Å². The Hall–Kier alpha value is -3.24. The second-order valence-electron chi connectivity index (χ2n) is 8.98. The number of carbonyl (C=O) groups is 2. The highest BCUT2D eigenvalue weighted by atomic mass is 79.9. The molecule has 0 bridgehead atoms. The Morgan fingerprint density at radius 3 is 2.83 bits per heavy atom. The molecule has 0 aliphatic carbocycles. The molecule has 5 heterocycles. The van der Waals surface area contributed by atoms with Gasteiger partial charge in [0.15, 0.2) is 0 Å². The largest absolute Gasteiger partial charge is 0.457 e. The fraction of sp³-hybridized carbons (Fsp3) is 0.360. The van der Waals surface area contributed by atoms with Gasteiger partial charge in [-0.25, -0.2) is 14.6 Å². The Labute approximate surface area is 209 Å². The molecule has 3 aromatic rings. The van der Waals surface area contributed by atoms with Crippen molar-refractivity contribution in [3.05, 3.63) is 61.8 Å². The highest BCUT2D eigenvalue weighted by Crippen LogP contribution is 2.41. The lowest BCUT2D eigenvalue weighted by atomic mass is 9.85. The SMILES string of the molecule is CC[C@@]1(OC(=O)N2CCNCC2)C(=O)OCc2c1cc1n(c2=O)Cc2cc3c(Br)cccc3nc2-1. The van der Waals surface area contributed by atoms with Gasteiger partial charge < -0.3 is 24.3 Å². The van der Waals surface area contributed by atoms with Crippen LogP contribution in [0.3, 0.4) is 0 Å². The van der Waals surface area contributed by atoms with Crippen molar-refractivity contribution in [2.24, 2.45) is 0 Å². The zero-order valence-electron chi connectivity index (χ0n) is 19.1. The number of ether oxygens (including phenoxy) is 2. The maximum Gasteiger partial charge on any atom is 0.411 e. The number of hydrogen-bond acceptors (Lipinski definition) is 7. The Kier molecular flexibility index (Phi) is 5.19. The Morgan fingerprint density at radius 2 is 2.06 bits per heavy atom. The molecule has 1 saturated heterocycles. The minimum absolute atomic E-state index is 0.143. The third kappa shape index (κ3) is 3.30. The van der Waals surface area contributed by atoms with Crippen LogP contribution in [0.2, 0.25) is 0 Å². The molecular weight excluding hydrogens is 516 g/mol. The molecule has 0 unspecified atom stereocenters. The van der Waals surface area contributed by atoms with E-state index in [2.05, 4.69) is 21.2 Å². The summed E-state index contributed by atoms with van der Waals surface area (Å²) in [7, 11) is 0. The van der Waals surface area contributed by atoms with Gasteiger partial charge in [0.1, 0.15) is 6.61 Å². The Morgan fingerprint density at radius 1 is 1.26 bits per heavy atom. The third-order valence-corrected chi connectivity index (χ3v) is 7.79. The van der Waals surface area contributed by atoms with Crippen molar-refractivity contribution in [1.29, 1.82) is 0 Å². The summed E-state index contributed by atoms with van der Waals surface area (Å²) in [5, 5.41) is 4.15. The summed E-state index contributed by atoms with van der Waals surface area (Å²) in [6, 6.07) is 9.60. The molecule has 9 nitrogen and oxygen atoms in total. The average Bonchev–Trinajstić information content (AvgIpc) is 3.23. The average molecular weight is 539 g/mol. The first-order valence-electron chi connectivity index (χ1n) is 11.6. The number of nitrogens with one attached hydrogen (secondary N) is 1. The van der Waals surface area contributed by atoms with Crippen LogP contribution < -0.4 is 10.9 Å². The minimum atomic E-state index is -1.69. The zero-order chi connectivity index (χ0) is 24.3. The number of amides is 1. The first-order valence-corrected chi connectivity index (χ1v) is 12.4. The third-order valence-electron chi connectivity index (χ3n) is 7.10. The van der Waals surface area contributed by atoms with E-state index in [1.54, 1.807) is 22.5 Å². The Balaban J connectivity index is 1.50. The monoisotopic (exact) mass is 538 g/mol. The van der Waals surface area contributed by atoms with Gasteiger partial charge in [-0.05, 0) is 30.7 Å². The van der Waals surface area contributed by atoms with E-state index in [0.717, 1.165) is 20.9 Å². The fourth-order valence-electron chi connectivity index (χ4n) is 5.18. The van der Waals surface area contributed by atoms with Gasteiger partial charge in [0.25, 0.3) is 5.56 Å². The fourth-order valence-corrected chi connectivity index (χ4v) is 5.65. The molecule has 1 aromatic carbocycles. The van der Waals surface area contributed by atoms with Crippen LogP contribution in [0.15, 0.2) is 39.6 Å². The summed E-state index contributed by atoms with van der Waals surface area (Å²) in [5.41, 5.74) is 1.78. The molecular formula is C25H23BrN4O5. The lowest BCUT2D eigenvalue weighted by Crippen LogP contribution is -2.52. The molecule has 0 spiro atoms. The highest BCUT2D eigenvalue weighted by molar-refractivity contribution is 9.10. The summed E-state index contributed by atoms with van der Waals surface area (Å²) in [6.07, 6.45) is -0.446. The summed E-state index contributed by atoms with van der Waals surface area (Å²) < 4.78 is 13.9. The quantitative estimate of drug-likeness (QED) is 0.391. The van der Waals surface area contributed by atoms with E-state index < -0.39 is 17.7 Å². The first-order chi connectivity index (χ1) is 16.9. The summed E-state index contributed by atoms with van der Waals surface area (Å²) >= 11 is 3.58. The smallest absolute Gasteiger partial charge is 0.411 e. The molecule has 35 heavy (non-hydrogen) atoms. The van der Waals surface area contributed by atoms with E-state index >= 15 is 0 Å². The van der Waals surface area contributed by atoms with Crippen LogP contribution in [0.5, 0.6) is 0 Å². The highest BCUT2D eigenvalue weighted by Gasteiger charge is 2.51. The van der Waals surface area contributed by atoms with Crippen LogP contribution in [0.1, 0.15) is 30.0 Å². The molecule has 0 saturated carbocycles. The Bertz CT molecular complexity index is 1460. The van der Waals surface area contributed by atoms with Crippen LogP contribution >= 0.6 is 15.9 Å². The van der Waals surface area contributed by atoms with Crippen molar-refractivity contribution in [3.63, 3.8) is 0 Å². The normalized spacial score (nSPS) is 20.7. The van der Waals surface area contributed by atoms with Crippen molar-refractivity contribution >= 4 is 38.9 Å². The van der Waals surface area contributed by atoms with E-state index in [4.69, 9.17) is 14.5 Å². The number of fused-ring (bicyclic) bond motifs is 5. The number of pyridine rings is 2. The standard InChI is InChI=1S/C25H23BrN4O5/c1-2-25(35-24(33)29-8-6-27-7-9-29)17-11-20-21-14(10-15-18(26)4-3-5-19(15)28-21)12-30(20)22(31)16(17)13-34-23(25)32/h3-5,10-11,27H,2,6-9,12-13H2,1H3/t25-/m0/s1. The molecule has 180 valence electrons. The summed E-state index contributed by atoms with van der Waals surface area (Å²) in [4.78, 5) is 46.2. The van der Waals surface area contributed by atoms with Gasteiger partial charge in [0.2, 0.25) is 5.60 Å². The molecule has 0 radical (unpaired) electrons. The van der Waals surface area contributed by atoms with Crippen LogP contribution in [0, 0.1) is 0 Å². The summed E-state index contributed by atoms with van der Waals surface area (Å²) in [6.45, 7) is 4.23. The van der Waals surface area contributed by atoms with E-state index in [-0.39, 0.29) is 18.6 Å². The number of nitrogens with zero attached hydrogens (tertiary/aromatic N) is 3. The van der Waals surface area contributed by atoms with Gasteiger partial charge in [0.05, 0.1) is 29.0 Å². The van der Waals surface area contributed by atoms with Gasteiger partial charge in [-0.15, -0.1) is 0 Å². The van der Waals surface area contributed by atoms with E-state index in [1.165, 1.54) is 0 Å². The topological polar surface area (TPSA) is 103 Å². The minimum Gasteiger partial charge on any atom is -0.457 e. The van der Waals surface area contributed by atoms with Crippen molar-refractivity contribution in [3.8, 4) is 11.4 Å². The predicted molar refractivity (Wildman–Crippen MR) is 131 cm³/mol. The molecule has 1 fully saturated rings. The maximum atomic E-state index is 13.6. The number of cyclic esters (lactones) is 1. The molecule has 3 aliphatic rings. The van der Waals surface area contributed by atoms with Crippen LogP contribution in [0.25, 0.3) is 22.3 Å². The van der Waals surface area contributed by atoms with Crippen LogP contribution in [0.4, 0.5) is 4.79 Å². The number of rotatable bonds is 2.